The molecule has 0 atom stereocenters. The number of ketones is 2. The molecule has 1 aromatic rings. The summed E-state index contributed by atoms with van der Waals surface area (Å²) in [5, 5.41) is 0. The number of carbonyl (C=O) groups excluding carboxylic acids is 2. The maximum absolute atomic E-state index is 11.7. The Hall–Kier alpha value is -1.84. The third-order valence-electron chi connectivity index (χ3n) is 2.58. The van der Waals surface area contributed by atoms with Gasteiger partial charge in [-0.3, -0.25) is 9.59 Å². The van der Waals surface area contributed by atoms with E-state index >= 15 is 0 Å². The van der Waals surface area contributed by atoms with Crippen LogP contribution < -0.4 is 9.47 Å². The molecule has 90 valence electrons. The fourth-order valence-corrected chi connectivity index (χ4v) is 1.63. The lowest BCUT2D eigenvalue weighted by atomic mass is 10.1. The van der Waals surface area contributed by atoms with Crippen molar-refractivity contribution in [1.82, 2.24) is 0 Å². The van der Waals surface area contributed by atoms with Gasteiger partial charge in [0.2, 0.25) is 11.6 Å². The van der Waals surface area contributed by atoms with Crippen molar-refractivity contribution in [3.63, 3.8) is 0 Å². The van der Waals surface area contributed by atoms with Crippen molar-refractivity contribution < 1.29 is 19.1 Å². The molecule has 4 nitrogen and oxygen atoms in total. The first kappa shape index (κ1) is 11.6. The molecular weight excluding hydrogens is 220 g/mol. The number of Topliss-reactive ketones (excluding diaryl/α,β-unsaturated/α-hetero) is 2. The molecular formula is C13H14O4. The number of hydrogen-bond donors (Lipinski definition) is 0. The van der Waals surface area contributed by atoms with Crippen LogP contribution in [-0.2, 0) is 4.79 Å². The topological polar surface area (TPSA) is 52.6 Å². The molecule has 1 aliphatic heterocycles. The van der Waals surface area contributed by atoms with E-state index in [2.05, 4.69) is 0 Å². The maximum Gasteiger partial charge on any atom is 0.228 e. The van der Waals surface area contributed by atoms with Crippen LogP contribution in [0.4, 0.5) is 0 Å². The zero-order chi connectivity index (χ0) is 12.3. The molecule has 1 aliphatic rings. The lowest BCUT2D eigenvalue weighted by molar-refractivity contribution is -0.114. The van der Waals surface area contributed by atoms with Gasteiger partial charge in [0.25, 0.3) is 0 Å². The first-order valence-electron chi connectivity index (χ1n) is 5.69. The van der Waals surface area contributed by atoms with Gasteiger partial charge in [-0.25, -0.2) is 0 Å². The average Bonchev–Trinajstić information content (AvgIpc) is 2.61. The molecule has 0 aliphatic carbocycles. The highest BCUT2D eigenvalue weighted by Gasteiger charge is 2.17. The molecule has 0 spiro atoms. The summed E-state index contributed by atoms with van der Waals surface area (Å²) in [6.45, 7) is 2.84. The van der Waals surface area contributed by atoms with Crippen LogP contribution in [0, 0.1) is 0 Å². The van der Waals surface area contributed by atoms with Crippen molar-refractivity contribution in [2.75, 3.05) is 13.2 Å². The number of hydrogen-bond acceptors (Lipinski definition) is 4. The molecule has 0 radical (unpaired) electrons. The second kappa shape index (κ2) is 4.99. The van der Waals surface area contributed by atoms with Crippen LogP contribution in [0.25, 0.3) is 0 Å². The van der Waals surface area contributed by atoms with E-state index in [1.54, 1.807) is 25.1 Å². The van der Waals surface area contributed by atoms with Gasteiger partial charge in [-0.2, -0.15) is 0 Å². The van der Waals surface area contributed by atoms with E-state index in [1.807, 2.05) is 0 Å². The molecule has 0 aromatic heterocycles. The Morgan fingerprint density at radius 2 is 1.88 bits per heavy atom. The molecule has 0 bridgehead atoms. The van der Waals surface area contributed by atoms with Crippen LogP contribution in [0.1, 0.15) is 30.1 Å². The fourth-order valence-electron chi connectivity index (χ4n) is 1.63. The Balaban J connectivity index is 2.29. The van der Waals surface area contributed by atoms with E-state index in [4.69, 9.17) is 9.47 Å². The highest BCUT2D eigenvalue weighted by Crippen LogP contribution is 2.30. The standard InChI is InChI=1S/C13H14O4/c1-2-10(14)13(15)9-4-5-11-12(8-9)17-7-3-6-16-11/h4-5,8H,2-3,6-7H2,1H3. The van der Waals surface area contributed by atoms with Gasteiger partial charge in [-0.1, -0.05) is 6.92 Å². The molecule has 0 saturated heterocycles. The lowest BCUT2D eigenvalue weighted by Gasteiger charge is -2.08. The van der Waals surface area contributed by atoms with Crippen molar-refractivity contribution in [1.29, 1.82) is 0 Å². The number of carbonyl (C=O) groups is 2. The van der Waals surface area contributed by atoms with E-state index in [-0.39, 0.29) is 12.2 Å². The van der Waals surface area contributed by atoms with E-state index in [9.17, 15) is 9.59 Å². The van der Waals surface area contributed by atoms with Crippen molar-refractivity contribution in [3.8, 4) is 11.5 Å². The van der Waals surface area contributed by atoms with Crippen molar-refractivity contribution in [3.05, 3.63) is 23.8 Å². The van der Waals surface area contributed by atoms with Crippen LogP contribution in [0.2, 0.25) is 0 Å². The molecule has 0 unspecified atom stereocenters. The van der Waals surface area contributed by atoms with Gasteiger partial charge in [0.05, 0.1) is 13.2 Å². The summed E-state index contributed by atoms with van der Waals surface area (Å²) in [5.74, 6) is 0.308. The van der Waals surface area contributed by atoms with Gasteiger partial charge >= 0.3 is 0 Å². The maximum atomic E-state index is 11.7. The van der Waals surface area contributed by atoms with Crippen molar-refractivity contribution in [2.24, 2.45) is 0 Å². The highest BCUT2D eigenvalue weighted by atomic mass is 16.5. The largest absolute Gasteiger partial charge is 0.490 e. The van der Waals surface area contributed by atoms with E-state index in [1.165, 1.54) is 0 Å². The second-order valence-electron chi connectivity index (χ2n) is 3.82. The molecule has 17 heavy (non-hydrogen) atoms. The molecule has 0 amide bonds. The predicted molar refractivity (Wildman–Crippen MR) is 61.7 cm³/mol. The number of ether oxygens (including phenoxy) is 2. The fraction of sp³-hybridized carbons (Fsp3) is 0.385. The molecule has 0 saturated carbocycles. The monoisotopic (exact) mass is 234 g/mol. The summed E-state index contributed by atoms with van der Waals surface area (Å²) in [6.07, 6.45) is 1.03. The molecule has 2 rings (SSSR count). The summed E-state index contributed by atoms with van der Waals surface area (Å²) in [7, 11) is 0. The van der Waals surface area contributed by atoms with Crippen LogP contribution in [-0.4, -0.2) is 24.8 Å². The quantitative estimate of drug-likeness (QED) is 0.593. The van der Waals surface area contributed by atoms with Crippen molar-refractivity contribution >= 4 is 11.6 Å². The number of benzene rings is 1. The summed E-state index contributed by atoms with van der Waals surface area (Å²) in [6, 6.07) is 4.86. The second-order valence-corrected chi connectivity index (χ2v) is 3.82. The summed E-state index contributed by atoms with van der Waals surface area (Å²) < 4.78 is 10.9. The molecule has 1 aromatic carbocycles. The number of fused-ring (bicyclic) bond motifs is 1. The highest BCUT2D eigenvalue weighted by molar-refractivity contribution is 6.43. The minimum atomic E-state index is -0.469. The smallest absolute Gasteiger partial charge is 0.228 e. The summed E-state index contributed by atoms with van der Waals surface area (Å²) in [4.78, 5) is 23.0. The summed E-state index contributed by atoms with van der Waals surface area (Å²) >= 11 is 0. The van der Waals surface area contributed by atoms with Gasteiger partial charge in [-0.15, -0.1) is 0 Å². The van der Waals surface area contributed by atoms with Crippen LogP contribution in [0.3, 0.4) is 0 Å². The number of rotatable bonds is 3. The van der Waals surface area contributed by atoms with Crippen LogP contribution in [0.15, 0.2) is 18.2 Å². The molecule has 0 N–H and O–H groups in total. The van der Waals surface area contributed by atoms with E-state index in [0.29, 0.717) is 30.3 Å². The minimum Gasteiger partial charge on any atom is -0.490 e. The predicted octanol–water partition coefficient (Wildman–Crippen LogP) is 2.01. The third-order valence-corrected chi connectivity index (χ3v) is 2.58. The Bertz CT molecular complexity index is 451. The van der Waals surface area contributed by atoms with Gasteiger partial charge in [0.15, 0.2) is 11.5 Å². The Morgan fingerprint density at radius 3 is 2.59 bits per heavy atom. The normalized spacial score (nSPS) is 13.9. The Labute approximate surface area is 99.5 Å². The lowest BCUT2D eigenvalue weighted by Crippen LogP contribution is -2.12. The minimum absolute atomic E-state index is 0.216. The van der Waals surface area contributed by atoms with Crippen molar-refractivity contribution in [2.45, 2.75) is 19.8 Å². The van der Waals surface area contributed by atoms with Gasteiger partial charge in [-0.05, 0) is 18.2 Å². The van der Waals surface area contributed by atoms with Gasteiger partial charge in [0.1, 0.15) is 0 Å². The van der Waals surface area contributed by atoms with Crippen LogP contribution in [0.5, 0.6) is 11.5 Å². The van der Waals surface area contributed by atoms with E-state index in [0.717, 1.165) is 6.42 Å². The zero-order valence-electron chi connectivity index (χ0n) is 9.69. The first-order valence-corrected chi connectivity index (χ1v) is 5.69. The third kappa shape index (κ3) is 2.46. The summed E-state index contributed by atoms with van der Waals surface area (Å²) in [5.41, 5.74) is 0.362. The first-order chi connectivity index (χ1) is 8.22. The molecule has 0 fully saturated rings. The average molecular weight is 234 g/mol. The zero-order valence-corrected chi connectivity index (χ0v) is 9.69. The Morgan fingerprint density at radius 1 is 1.18 bits per heavy atom. The SMILES string of the molecule is CCC(=O)C(=O)c1ccc2c(c1)OCCCO2. The molecule has 1 heterocycles. The Kier molecular flexibility index (Phi) is 3.42. The van der Waals surface area contributed by atoms with E-state index < -0.39 is 5.78 Å². The molecule has 4 heteroatoms. The van der Waals surface area contributed by atoms with Gasteiger partial charge in [0, 0.05) is 18.4 Å². The van der Waals surface area contributed by atoms with Gasteiger partial charge < -0.3 is 9.47 Å². The van der Waals surface area contributed by atoms with Crippen LogP contribution >= 0.6 is 0 Å².